The van der Waals surface area contributed by atoms with Gasteiger partial charge in [-0.3, -0.25) is 9.59 Å². The van der Waals surface area contributed by atoms with Crippen LogP contribution in [0.25, 0.3) is 0 Å². The van der Waals surface area contributed by atoms with Gasteiger partial charge < -0.3 is 26.2 Å². The molecule has 1 unspecified atom stereocenters. The summed E-state index contributed by atoms with van der Waals surface area (Å²) in [5.41, 5.74) is 1.74. The molecular formula is C34H33F4N7O2. The molecule has 2 amide bonds. The van der Waals surface area contributed by atoms with E-state index in [1.54, 1.807) is 12.1 Å². The summed E-state index contributed by atoms with van der Waals surface area (Å²) >= 11 is 0. The van der Waals surface area contributed by atoms with E-state index in [-0.39, 0.29) is 23.5 Å². The fourth-order valence-electron chi connectivity index (χ4n) is 5.38. The number of benzene rings is 3. The standard InChI is InChI=1S/C34H33F4N7O2/c1-3-29(46)45-16-6-8-23(20-45)22-7-4-9-25(17-22)40-18-21-12-14-24(15-13-21)42-33-41-19-26(34(36,37)38)31(44-33)43-28-11-5-10-27(35)30(28)32(47)39-2/h3-5,7,9-15,17,19,23,40H,1,6,8,16,18,20H2,2H3,(H,39,47)(H2,41,42,43,44). The lowest BCUT2D eigenvalue weighted by Crippen LogP contribution is -2.38. The van der Waals surface area contributed by atoms with E-state index >= 15 is 0 Å². The Labute approximate surface area is 269 Å². The number of aromatic nitrogens is 2. The van der Waals surface area contributed by atoms with Gasteiger partial charge in [0.15, 0.2) is 0 Å². The molecule has 9 nitrogen and oxygen atoms in total. The van der Waals surface area contributed by atoms with E-state index in [0.29, 0.717) is 25.0 Å². The average molecular weight is 648 g/mol. The maximum atomic E-state index is 14.4. The van der Waals surface area contributed by atoms with Crippen LogP contribution in [0.1, 0.15) is 45.8 Å². The molecule has 4 N–H and O–H groups in total. The molecule has 0 saturated carbocycles. The number of alkyl halides is 3. The van der Waals surface area contributed by atoms with Crippen molar-refractivity contribution in [3.8, 4) is 0 Å². The van der Waals surface area contributed by atoms with Crippen LogP contribution in [0.2, 0.25) is 0 Å². The zero-order chi connectivity index (χ0) is 33.6. The molecule has 0 aliphatic carbocycles. The quantitative estimate of drug-likeness (QED) is 0.109. The fourth-order valence-corrected chi connectivity index (χ4v) is 5.38. The number of nitrogens with zero attached hydrogens (tertiary/aromatic N) is 3. The Morgan fingerprint density at radius 2 is 1.81 bits per heavy atom. The Balaban J connectivity index is 1.26. The van der Waals surface area contributed by atoms with Crippen molar-refractivity contribution in [1.82, 2.24) is 20.2 Å². The highest BCUT2D eigenvalue weighted by molar-refractivity contribution is 6.00. The van der Waals surface area contributed by atoms with Crippen LogP contribution in [-0.4, -0.2) is 46.8 Å². The van der Waals surface area contributed by atoms with Gasteiger partial charge in [0.1, 0.15) is 17.2 Å². The number of hydrogen-bond acceptors (Lipinski definition) is 7. The van der Waals surface area contributed by atoms with Crippen LogP contribution in [0.5, 0.6) is 0 Å². The zero-order valence-electron chi connectivity index (χ0n) is 25.5. The number of halogens is 4. The summed E-state index contributed by atoms with van der Waals surface area (Å²) < 4.78 is 55.9. The van der Waals surface area contributed by atoms with E-state index in [1.807, 2.05) is 29.2 Å². The Morgan fingerprint density at radius 1 is 1.04 bits per heavy atom. The van der Waals surface area contributed by atoms with Crippen molar-refractivity contribution in [2.24, 2.45) is 0 Å². The summed E-state index contributed by atoms with van der Waals surface area (Å²) in [6, 6.07) is 18.9. The Morgan fingerprint density at radius 3 is 2.53 bits per heavy atom. The molecule has 4 aromatic rings. The molecule has 1 aliphatic rings. The number of carbonyl (C=O) groups is 2. The minimum Gasteiger partial charge on any atom is -0.381 e. The van der Waals surface area contributed by atoms with Gasteiger partial charge in [0.05, 0.1) is 11.3 Å². The van der Waals surface area contributed by atoms with Gasteiger partial charge in [-0.05, 0) is 66.4 Å². The van der Waals surface area contributed by atoms with Crippen molar-refractivity contribution >= 4 is 40.6 Å². The average Bonchev–Trinajstić information content (AvgIpc) is 3.07. The minimum atomic E-state index is -4.82. The summed E-state index contributed by atoms with van der Waals surface area (Å²) in [6.45, 7) is 5.51. The van der Waals surface area contributed by atoms with Crippen LogP contribution in [0.3, 0.4) is 0 Å². The lowest BCUT2D eigenvalue weighted by Gasteiger charge is -2.32. The second-order valence-electron chi connectivity index (χ2n) is 10.9. The van der Waals surface area contributed by atoms with E-state index in [0.717, 1.165) is 42.3 Å². The van der Waals surface area contributed by atoms with Crippen molar-refractivity contribution in [2.75, 3.05) is 36.1 Å². The van der Waals surface area contributed by atoms with E-state index in [2.05, 4.69) is 49.9 Å². The molecule has 47 heavy (non-hydrogen) atoms. The normalized spacial score (nSPS) is 14.7. The molecule has 1 fully saturated rings. The highest BCUT2D eigenvalue weighted by Gasteiger charge is 2.36. The predicted molar refractivity (Wildman–Crippen MR) is 172 cm³/mol. The minimum absolute atomic E-state index is 0.0516. The van der Waals surface area contributed by atoms with Crippen LogP contribution >= 0.6 is 0 Å². The third-order valence-electron chi connectivity index (χ3n) is 7.79. The highest BCUT2D eigenvalue weighted by atomic mass is 19.4. The third-order valence-corrected chi connectivity index (χ3v) is 7.79. The number of carbonyl (C=O) groups excluding carboxylic acids is 2. The largest absolute Gasteiger partial charge is 0.421 e. The molecule has 0 radical (unpaired) electrons. The molecule has 244 valence electrons. The zero-order valence-corrected chi connectivity index (χ0v) is 25.5. The molecule has 5 rings (SSSR count). The van der Waals surface area contributed by atoms with Crippen LogP contribution < -0.4 is 21.3 Å². The molecule has 0 spiro atoms. The van der Waals surface area contributed by atoms with Gasteiger partial charge in [0.25, 0.3) is 5.91 Å². The number of anilines is 5. The Bertz CT molecular complexity index is 1760. The van der Waals surface area contributed by atoms with Gasteiger partial charge >= 0.3 is 6.18 Å². The molecule has 13 heteroatoms. The topological polar surface area (TPSA) is 111 Å². The van der Waals surface area contributed by atoms with Gasteiger partial charge in [-0.1, -0.05) is 36.9 Å². The lowest BCUT2D eigenvalue weighted by molar-refractivity contribution is -0.137. The molecule has 2 heterocycles. The predicted octanol–water partition coefficient (Wildman–Crippen LogP) is 6.99. The molecule has 1 aromatic heterocycles. The maximum Gasteiger partial charge on any atom is 0.421 e. The van der Waals surface area contributed by atoms with Crippen molar-refractivity contribution in [3.05, 3.63) is 114 Å². The number of rotatable bonds is 10. The van der Waals surface area contributed by atoms with Crippen LogP contribution in [0.15, 0.2) is 85.6 Å². The second-order valence-corrected chi connectivity index (χ2v) is 10.9. The molecule has 1 aliphatic heterocycles. The van der Waals surface area contributed by atoms with Gasteiger partial charge in [-0.2, -0.15) is 18.2 Å². The first-order valence-corrected chi connectivity index (χ1v) is 14.9. The van der Waals surface area contributed by atoms with Crippen LogP contribution in [-0.2, 0) is 17.5 Å². The second kappa shape index (κ2) is 14.3. The van der Waals surface area contributed by atoms with Crippen LogP contribution in [0, 0.1) is 5.82 Å². The highest BCUT2D eigenvalue weighted by Crippen LogP contribution is 2.36. The first kappa shape index (κ1) is 32.9. The summed E-state index contributed by atoms with van der Waals surface area (Å²) in [5, 5.41) is 11.0. The first-order valence-electron chi connectivity index (χ1n) is 14.9. The third kappa shape index (κ3) is 8.04. The summed E-state index contributed by atoms with van der Waals surface area (Å²) in [4.78, 5) is 34.0. The van der Waals surface area contributed by atoms with E-state index < -0.39 is 34.8 Å². The summed E-state index contributed by atoms with van der Waals surface area (Å²) in [7, 11) is 1.28. The van der Waals surface area contributed by atoms with Crippen molar-refractivity contribution in [1.29, 1.82) is 0 Å². The van der Waals surface area contributed by atoms with Gasteiger partial charge in [-0.25, -0.2) is 9.37 Å². The summed E-state index contributed by atoms with van der Waals surface area (Å²) in [5.74, 6) is -2.32. The Hall–Kier alpha value is -5.46. The molecule has 1 atom stereocenters. The van der Waals surface area contributed by atoms with E-state index in [1.165, 1.54) is 25.3 Å². The lowest BCUT2D eigenvalue weighted by atomic mass is 9.90. The molecule has 0 bridgehead atoms. The van der Waals surface area contributed by atoms with Gasteiger partial charge in [-0.15, -0.1) is 0 Å². The van der Waals surface area contributed by atoms with Crippen LogP contribution in [0.4, 0.5) is 46.4 Å². The number of likely N-dealkylation sites (tertiary alicyclic amines) is 1. The first-order chi connectivity index (χ1) is 22.5. The van der Waals surface area contributed by atoms with Gasteiger partial charge in [0.2, 0.25) is 11.9 Å². The Kier molecular flexibility index (Phi) is 10.0. The van der Waals surface area contributed by atoms with E-state index in [4.69, 9.17) is 0 Å². The number of piperidine rings is 1. The number of hydrogen-bond donors (Lipinski definition) is 4. The molecule has 1 saturated heterocycles. The van der Waals surface area contributed by atoms with Crippen molar-refractivity contribution in [2.45, 2.75) is 31.5 Å². The van der Waals surface area contributed by atoms with E-state index in [9.17, 15) is 27.2 Å². The van der Waals surface area contributed by atoms with Crippen molar-refractivity contribution in [3.63, 3.8) is 0 Å². The van der Waals surface area contributed by atoms with Crippen molar-refractivity contribution < 1.29 is 27.2 Å². The monoisotopic (exact) mass is 647 g/mol. The SMILES string of the molecule is C=CC(=O)N1CCCC(c2cccc(NCc3ccc(Nc4ncc(C(F)(F)F)c(Nc5cccc(F)c5C(=O)NC)n4)cc3)c2)C1. The smallest absolute Gasteiger partial charge is 0.381 e. The van der Waals surface area contributed by atoms with Gasteiger partial charge in [0, 0.05) is 50.2 Å². The molecular weight excluding hydrogens is 614 g/mol. The summed E-state index contributed by atoms with van der Waals surface area (Å²) in [6.07, 6.45) is -0.918. The number of nitrogens with one attached hydrogen (secondary N) is 4. The number of amides is 2. The maximum absolute atomic E-state index is 14.4. The molecule has 3 aromatic carbocycles. The fraction of sp³-hybridized carbons (Fsp3) is 0.235.